The van der Waals surface area contributed by atoms with Gasteiger partial charge in [0, 0.05) is 25.2 Å². The van der Waals surface area contributed by atoms with E-state index in [2.05, 4.69) is 0 Å². The van der Waals surface area contributed by atoms with Crippen molar-refractivity contribution in [3.05, 3.63) is 39.7 Å². The van der Waals surface area contributed by atoms with Crippen molar-refractivity contribution in [3.8, 4) is 0 Å². The Labute approximate surface area is 115 Å². The van der Waals surface area contributed by atoms with E-state index < -0.39 is 16.6 Å². The van der Waals surface area contributed by atoms with E-state index in [1.165, 1.54) is 4.90 Å². The van der Waals surface area contributed by atoms with Crippen LogP contribution in [0.5, 0.6) is 0 Å². The first kappa shape index (κ1) is 14.4. The van der Waals surface area contributed by atoms with Crippen LogP contribution in [0.2, 0.25) is 0 Å². The summed E-state index contributed by atoms with van der Waals surface area (Å²) in [5.41, 5.74) is 5.05. The average Bonchev–Trinajstić information content (AvgIpc) is 2.46. The van der Waals surface area contributed by atoms with Gasteiger partial charge in [0.1, 0.15) is 5.82 Å². The lowest BCUT2D eigenvalue weighted by atomic mass is 9.97. The summed E-state index contributed by atoms with van der Waals surface area (Å²) in [6.07, 6.45) is 1.75. The maximum atomic E-state index is 13.7. The molecule has 2 rings (SSSR count). The van der Waals surface area contributed by atoms with Crippen molar-refractivity contribution >= 4 is 11.6 Å². The number of amides is 1. The Morgan fingerprint density at radius 2 is 2.30 bits per heavy atom. The molecule has 0 bridgehead atoms. The molecule has 7 heteroatoms. The van der Waals surface area contributed by atoms with Gasteiger partial charge < -0.3 is 10.6 Å². The first-order valence-corrected chi connectivity index (χ1v) is 6.46. The zero-order chi connectivity index (χ0) is 14.7. The number of carbonyl (C=O) groups excluding carboxylic acids is 1. The number of benzene rings is 1. The fraction of sp³-hybridized carbons (Fsp3) is 0.462. The minimum atomic E-state index is -0.740. The molecule has 6 nitrogen and oxygen atoms in total. The highest BCUT2D eigenvalue weighted by Crippen LogP contribution is 2.22. The number of likely N-dealkylation sites (tertiary alicyclic amines) is 1. The van der Waals surface area contributed by atoms with Gasteiger partial charge in [0.15, 0.2) is 0 Å². The van der Waals surface area contributed by atoms with Gasteiger partial charge in [-0.1, -0.05) is 0 Å². The van der Waals surface area contributed by atoms with Crippen LogP contribution in [-0.4, -0.2) is 35.4 Å². The van der Waals surface area contributed by atoms with E-state index in [0.717, 1.165) is 31.0 Å². The molecule has 108 valence electrons. The molecule has 1 saturated heterocycles. The first-order chi connectivity index (χ1) is 9.52. The Morgan fingerprint density at radius 3 is 2.95 bits per heavy atom. The molecule has 1 fully saturated rings. The predicted molar refractivity (Wildman–Crippen MR) is 70.7 cm³/mol. The number of halogens is 1. The minimum absolute atomic E-state index is 0.203. The molecule has 1 aromatic rings. The second-order valence-corrected chi connectivity index (χ2v) is 4.92. The molecule has 0 aliphatic carbocycles. The molecule has 1 atom stereocenters. The van der Waals surface area contributed by atoms with Crippen LogP contribution < -0.4 is 5.73 Å². The van der Waals surface area contributed by atoms with Crippen LogP contribution in [0.15, 0.2) is 18.2 Å². The molecular formula is C13H16FN3O3. The third-order valence-corrected chi connectivity index (χ3v) is 3.53. The van der Waals surface area contributed by atoms with Crippen LogP contribution in [0.1, 0.15) is 23.2 Å². The summed E-state index contributed by atoms with van der Waals surface area (Å²) in [6.45, 7) is 1.47. The third-order valence-electron chi connectivity index (χ3n) is 3.53. The zero-order valence-electron chi connectivity index (χ0n) is 10.9. The molecule has 1 amide bonds. The first-order valence-electron chi connectivity index (χ1n) is 6.46. The molecule has 1 aromatic carbocycles. The van der Waals surface area contributed by atoms with E-state index in [0.29, 0.717) is 19.6 Å². The molecular weight excluding hydrogens is 265 g/mol. The second-order valence-electron chi connectivity index (χ2n) is 4.92. The predicted octanol–water partition coefficient (Wildman–Crippen LogP) is 1.54. The lowest BCUT2D eigenvalue weighted by molar-refractivity contribution is -0.384. The lowest BCUT2D eigenvalue weighted by Crippen LogP contribution is -2.42. The van der Waals surface area contributed by atoms with Crippen LogP contribution in [0.4, 0.5) is 10.1 Å². The summed E-state index contributed by atoms with van der Waals surface area (Å²) in [6, 6.07) is 2.99. The van der Waals surface area contributed by atoms with Crippen molar-refractivity contribution in [2.45, 2.75) is 12.8 Å². The highest BCUT2D eigenvalue weighted by Gasteiger charge is 2.26. The number of nitro benzene ring substituents is 1. The Kier molecular flexibility index (Phi) is 4.29. The minimum Gasteiger partial charge on any atom is -0.338 e. The SMILES string of the molecule is NCC1CCCN(C(=O)c2cc([N+](=O)[O-])ccc2F)C1. The van der Waals surface area contributed by atoms with Crippen LogP contribution >= 0.6 is 0 Å². The highest BCUT2D eigenvalue weighted by molar-refractivity contribution is 5.95. The van der Waals surface area contributed by atoms with Gasteiger partial charge in [0.25, 0.3) is 11.6 Å². The third kappa shape index (κ3) is 2.93. The van der Waals surface area contributed by atoms with E-state index in [9.17, 15) is 19.3 Å². The van der Waals surface area contributed by atoms with E-state index in [1.54, 1.807) is 0 Å². The van der Waals surface area contributed by atoms with Crippen LogP contribution in [0.25, 0.3) is 0 Å². The molecule has 0 radical (unpaired) electrons. The Bertz CT molecular complexity index is 536. The van der Waals surface area contributed by atoms with E-state index in [4.69, 9.17) is 5.73 Å². The number of hydrogen-bond donors (Lipinski definition) is 1. The summed E-state index contributed by atoms with van der Waals surface area (Å²) >= 11 is 0. The summed E-state index contributed by atoms with van der Waals surface area (Å²) in [7, 11) is 0. The monoisotopic (exact) mass is 281 g/mol. The molecule has 1 unspecified atom stereocenters. The fourth-order valence-corrected chi connectivity index (χ4v) is 2.40. The van der Waals surface area contributed by atoms with E-state index >= 15 is 0 Å². The normalized spacial score (nSPS) is 18.9. The maximum absolute atomic E-state index is 13.7. The summed E-state index contributed by atoms with van der Waals surface area (Å²) in [5, 5.41) is 10.7. The van der Waals surface area contributed by atoms with Gasteiger partial charge >= 0.3 is 0 Å². The van der Waals surface area contributed by atoms with Gasteiger partial charge in [-0.3, -0.25) is 14.9 Å². The van der Waals surface area contributed by atoms with Crippen molar-refractivity contribution in [1.82, 2.24) is 4.90 Å². The van der Waals surface area contributed by atoms with Crippen LogP contribution in [0.3, 0.4) is 0 Å². The second kappa shape index (κ2) is 5.96. The number of hydrogen-bond acceptors (Lipinski definition) is 4. The number of piperidine rings is 1. The Balaban J connectivity index is 2.24. The highest BCUT2D eigenvalue weighted by atomic mass is 19.1. The van der Waals surface area contributed by atoms with E-state index in [1.807, 2.05) is 0 Å². The fourth-order valence-electron chi connectivity index (χ4n) is 2.40. The molecule has 0 spiro atoms. The Morgan fingerprint density at radius 1 is 1.55 bits per heavy atom. The van der Waals surface area contributed by atoms with Crippen molar-refractivity contribution in [1.29, 1.82) is 0 Å². The van der Waals surface area contributed by atoms with Crippen LogP contribution in [0, 0.1) is 21.8 Å². The number of non-ortho nitro benzene ring substituents is 1. The maximum Gasteiger partial charge on any atom is 0.270 e. The summed E-state index contributed by atoms with van der Waals surface area (Å²) in [5.74, 6) is -1.05. The van der Waals surface area contributed by atoms with Crippen molar-refractivity contribution in [3.63, 3.8) is 0 Å². The van der Waals surface area contributed by atoms with Crippen molar-refractivity contribution < 1.29 is 14.1 Å². The van der Waals surface area contributed by atoms with Crippen molar-refractivity contribution in [2.75, 3.05) is 19.6 Å². The molecule has 0 aromatic heterocycles. The molecule has 1 aliphatic rings. The van der Waals surface area contributed by atoms with Gasteiger partial charge in [-0.15, -0.1) is 0 Å². The van der Waals surface area contributed by atoms with Gasteiger partial charge in [0.05, 0.1) is 10.5 Å². The standard InChI is InChI=1S/C13H16FN3O3/c14-12-4-3-10(17(19)20)6-11(12)13(18)16-5-1-2-9(7-15)8-16/h3-4,6,9H,1-2,5,7-8,15H2. The lowest BCUT2D eigenvalue weighted by Gasteiger charge is -2.32. The average molecular weight is 281 g/mol. The molecule has 0 saturated carbocycles. The molecule has 1 heterocycles. The van der Waals surface area contributed by atoms with Crippen molar-refractivity contribution in [2.24, 2.45) is 11.7 Å². The Hall–Kier alpha value is -2.02. The summed E-state index contributed by atoms with van der Waals surface area (Å²) < 4.78 is 13.7. The number of nitro groups is 1. The topological polar surface area (TPSA) is 89.5 Å². The largest absolute Gasteiger partial charge is 0.338 e. The molecule has 1 aliphatic heterocycles. The quantitative estimate of drug-likeness (QED) is 0.672. The smallest absolute Gasteiger partial charge is 0.270 e. The van der Waals surface area contributed by atoms with Gasteiger partial charge in [-0.05, 0) is 31.4 Å². The van der Waals surface area contributed by atoms with E-state index in [-0.39, 0.29) is 17.2 Å². The van der Waals surface area contributed by atoms with Gasteiger partial charge in [-0.2, -0.15) is 0 Å². The molecule has 2 N–H and O–H groups in total. The molecule has 20 heavy (non-hydrogen) atoms. The zero-order valence-corrected chi connectivity index (χ0v) is 10.9. The van der Waals surface area contributed by atoms with Gasteiger partial charge in [0.2, 0.25) is 0 Å². The van der Waals surface area contributed by atoms with Gasteiger partial charge in [-0.25, -0.2) is 4.39 Å². The summed E-state index contributed by atoms with van der Waals surface area (Å²) in [4.78, 5) is 23.9. The number of nitrogens with zero attached hydrogens (tertiary/aromatic N) is 2. The number of rotatable bonds is 3. The number of nitrogens with two attached hydrogens (primary N) is 1. The van der Waals surface area contributed by atoms with Crippen LogP contribution in [-0.2, 0) is 0 Å². The number of carbonyl (C=O) groups is 1.